The molecule has 0 saturated heterocycles. The molecule has 3 nitrogen and oxygen atoms in total. The smallest absolute Gasteiger partial charge is 0.0822 e. The van der Waals surface area contributed by atoms with Crippen LogP contribution in [0.5, 0.6) is 0 Å². The first kappa shape index (κ1) is 11.9. The van der Waals surface area contributed by atoms with Crippen molar-refractivity contribution in [2.24, 2.45) is 11.7 Å². The second-order valence-electron chi connectivity index (χ2n) is 3.24. The zero-order valence-corrected chi connectivity index (χ0v) is 7.83. The van der Waals surface area contributed by atoms with Crippen molar-refractivity contribution < 1.29 is 10.2 Å². The van der Waals surface area contributed by atoms with E-state index in [0.717, 1.165) is 19.3 Å². The maximum Gasteiger partial charge on any atom is 0.0822 e. The third kappa shape index (κ3) is 4.70. The summed E-state index contributed by atoms with van der Waals surface area (Å²) in [5.74, 6) is 0.182. The number of aliphatic hydroxyl groups excluding tert-OH is 1. The molecule has 0 aliphatic carbocycles. The molecule has 0 fully saturated rings. The van der Waals surface area contributed by atoms with Gasteiger partial charge in [-0.1, -0.05) is 13.3 Å². The molecule has 0 amide bonds. The predicted molar refractivity (Wildman–Crippen MR) is 48.2 cm³/mol. The fourth-order valence-corrected chi connectivity index (χ4v) is 1.37. The Morgan fingerprint density at radius 1 is 1.42 bits per heavy atom. The number of hydrogen-bond acceptors (Lipinski definition) is 2. The van der Waals surface area contributed by atoms with Crippen LogP contribution in [-0.4, -0.2) is 24.4 Å². The van der Waals surface area contributed by atoms with Gasteiger partial charge in [0.25, 0.3) is 0 Å². The van der Waals surface area contributed by atoms with Gasteiger partial charge in [-0.25, -0.2) is 5.11 Å². The fourth-order valence-electron chi connectivity index (χ4n) is 1.37. The molecule has 0 aromatic rings. The highest BCUT2D eigenvalue weighted by atomic mass is 16.3. The van der Waals surface area contributed by atoms with Crippen LogP contribution in [0.3, 0.4) is 0 Å². The number of nitrogens with two attached hydrogens (primary N) is 1. The van der Waals surface area contributed by atoms with E-state index in [4.69, 9.17) is 10.8 Å². The van der Waals surface area contributed by atoms with Gasteiger partial charge in [0, 0.05) is 12.6 Å². The van der Waals surface area contributed by atoms with E-state index in [9.17, 15) is 5.11 Å². The highest BCUT2D eigenvalue weighted by Crippen LogP contribution is 2.12. The first-order chi connectivity index (χ1) is 5.76. The molecule has 0 aromatic carbocycles. The van der Waals surface area contributed by atoms with Crippen molar-refractivity contribution in [2.75, 3.05) is 13.2 Å². The molecule has 0 rings (SSSR count). The van der Waals surface area contributed by atoms with Gasteiger partial charge < -0.3 is 10.8 Å². The van der Waals surface area contributed by atoms with Crippen LogP contribution in [-0.2, 0) is 5.11 Å². The van der Waals surface area contributed by atoms with Gasteiger partial charge in [-0.3, -0.25) is 0 Å². The van der Waals surface area contributed by atoms with Crippen molar-refractivity contribution in [3.8, 4) is 0 Å². The molecule has 2 atom stereocenters. The zero-order valence-electron chi connectivity index (χ0n) is 7.83. The summed E-state index contributed by atoms with van der Waals surface area (Å²) in [6, 6.07) is 0.00361. The van der Waals surface area contributed by atoms with Crippen LogP contribution in [0, 0.1) is 5.92 Å². The van der Waals surface area contributed by atoms with Crippen LogP contribution in [0.25, 0.3) is 0 Å². The quantitative estimate of drug-likeness (QED) is 0.603. The molecule has 0 aliphatic heterocycles. The third-order valence-electron chi connectivity index (χ3n) is 2.18. The van der Waals surface area contributed by atoms with Gasteiger partial charge >= 0.3 is 0 Å². The van der Waals surface area contributed by atoms with Crippen molar-refractivity contribution in [2.45, 2.75) is 38.6 Å². The first-order valence-electron chi connectivity index (χ1n) is 4.70. The molecular formula is C9H20NO2. The van der Waals surface area contributed by atoms with E-state index in [0.29, 0.717) is 6.42 Å². The molecule has 0 spiro atoms. The van der Waals surface area contributed by atoms with Crippen molar-refractivity contribution in [3.63, 3.8) is 0 Å². The average Bonchev–Trinajstić information content (AvgIpc) is 2.10. The number of aliphatic hydroxyl groups is 1. The topological polar surface area (TPSA) is 66.2 Å². The van der Waals surface area contributed by atoms with Crippen LogP contribution in [0.15, 0.2) is 0 Å². The van der Waals surface area contributed by atoms with E-state index in [1.165, 1.54) is 0 Å². The Balaban J connectivity index is 3.60. The number of rotatable bonds is 7. The summed E-state index contributed by atoms with van der Waals surface area (Å²) in [4.78, 5) is 0. The Bertz CT molecular complexity index is 98.5. The van der Waals surface area contributed by atoms with Crippen molar-refractivity contribution in [3.05, 3.63) is 0 Å². The molecule has 2 unspecified atom stereocenters. The predicted octanol–water partition coefficient (Wildman–Crippen LogP) is 0.933. The molecule has 3 heteroatoms. The molecule has 73 valence electrons. The SMILES string of the molecule is CCCC(CO)C(N)CCC[O]. The van der Waals surface area contributed by atoms with Crippen molar-refractivity contribution in [1.29, 1.82) is 0 Å². The summed E-state index contributed by atoms with van der Waals surface area (Å²) in [6.07, 6.45) is 3.36. The van der Waals surface area contributed by atoms with Crippen LogP contribution < -0.4 is 5.73 Å². The molecular weight excluding hydrogens is 154 g/mol. The van der Waals surface area contributed by atoms with Gasteiger partial charge in [-0.05, 0) is 25.2 Å². The molecule has 1 radical (unpaired) electrons. The van der Waals surface area contributed by atoms with Crippen molar-refractivity contribution >= 4 is 0 Å². The van der Waals surface area contributed by atoms with Gasteiger partial charge in [0.2, 0.25) is 0 Å². The van der Waals surface area contributed by atoms with E-state index >= 15 is 0 Å². The van der Waals surface area contributed by atoms with Crippen LogP contribution in [0.4, 0.5) is 0 Å². The Hall–Kier alpha value is -0.120. The van der Waals surface area contributed by atoms with Gasteiger partial charge in [-0.2, -0.15) is 0 Å². The second-order valence-corrected chi connectivity index (χ2v) is 3.24. The van der Waals surface area contributed by atoms with E-state index in [1.54, 1.807) is 0 Å². The van der Waals surface area contributed by atoms with E-state index in [-0.39, 0.29) is 25.2 Å². The maximum atomic E-state index is 10.2. The maximum absolute atomic E-state index is 10.2. The average molecular weight is 174 g/mol. The van der Waals surface area contributed by atoms with Gasteiger partial charge in [0.05, 0.1) is 6.61 Å². The molecule has 0 aromatic heterocycles. The minimum Gasteiger partial charge on any atom is -0.396 e. The molecule has 3 N–H and O–H groups in total. The molecule has 0 saturated carbocycles. The van der Waals surface area contributed by atoms with Crippen LogP contribution in [0.2, 0.25) is 0 Å². The largest absolute Gasteiger partial charge is 0.396 e. The monoisotopic (exact) mass is 174 g/mol. The lowest BCUT2D eigenvalue weighted by Crippen LogP contribution is -2.32. The van der Waals surface area contributed by atoms with E-state index in [1.807, 2.05) is 0 Å². The second kappa shape index (κ2) is 7.53. The van der Waals surface area contributed by atoms with Crippen LogP contribution >= 0.6 is 0 Å². The van der Waals surface area contributed by atoms with Gasteiger partial charge in [-0.15, -0.1) is 0 Å². The lowest BCUT2D eigenvalue weighted by molar-refractivity contribution is 0.163. The summed E-state index contributed by atoms with van der Waals surface area (Å²) in [5.41, 5.74) is 5.80. The summed E-state index contributed by atoms with van der Waals surface area (Å²) in [7, 11) is 0. The van der Waals surface area contributed by atoms with Gasteiger partial charge in [0.15, 0.2) is 0 Å². The fraction of sp³-hybridized carbons (Fsp3) is 1.00. The summed E-state index contributed by atoms with van der Waals surface area (Å²) in [5, 5.41) is 19.2. The van der Waals surface area contributed by atoms with Crippen molar-refractivity contribution in [1.82, 2.24) is 0 Å². The molecule has 12 heavy (non-hydrogen) atoms. The highest BCUT2D eigenvalue weighted by Gasteiger charge is 2.15. The standard InChI is InChI=1S/C9H20NO2/c1-2-4-8(7-12)9(10)5-3-6-11/h8-9,12H,2-7,10H2,1H3. The normalized spacial score (nSPS) is 16.0. The highest BCUT2D eigenvalue weighted by molar-refractivity contribution is 4.71. The third-order valence-corrected chi connectivity index (χ3v) is 2.18. The van der Waals surface area contributed by atoms with E-state index in [2.05, 4.69) is 6.92 Å². The summed E-state index contributed by atoms with van der Waals surface area (Å²) >= 11 is 0. The minimum absolute atomic E-state index is 0.00361. The summed E-state index contributed by atoms with van der Waals surface area (Å²) < 4.78 is 0. The first-order valence-corrected chi connectivity index (χ1v) is 4.70. The van der Waals surface area contributed by atoms with Crippen LogP contribution in [0.1, 0.15) is 32.6 Å². The Morgan fingerprint density at radius 2 is 2.08 bits per heavy atom. The molecule has 0 heterocycles. The molecule has 0 aliphatic rings. The van der Waals surface area contributed by atoms with Gasteiger partial charge in [0.1, 0.15) is 0 Å². The summed E-state index contributed by atoms with van der Waals surface area (Å²) in [6.45, 7) is 2.16. The Labute approximate surface area is 74.6 Å². The Kier molecular flexibility index (Phi) is 7.45. The lowest BCUT2D eigenvalue weighted by atomic mass is 9.93. The molecule has 0 bridgehead atoms. The zero-order chi connectivity index (χ0) is 9.40. The minimum atomic E-state index is -0.0576. The lowest BCUT2D eigenvalue weighted by Gasteiger charge is -2.20. The van der Waals surface area contributed by atoms with E-state index < -0.39 is 0 Å². The Morgan fingerprint density at radius 3 is 2.50 bits per heavy atom. The number of hydrogen-bond donors (Lipinski definition) is 2.